The summed E-state index contributed by atoms with van der Waals surface area (Å²) in [5, 5.41) is 8.87. The van der Waals surface area contributed by atoms with Crippen LogP contribution in [0.3, 0.4) is 0 Å². The molecule has 0 aromatic rings. The third kappa shape index (κ3) is 1.30. The molecule has 11 heavy (non-hydrogen) atoms. The van der Waals surface area contributed by atoms with Crippen molar-refractivity contribution >= 4 is 0 Å². The Balaban J connectivity index is 1.84. The Labute approximate surface area is 67.6 Å². The van der Waals surface area contributed by atoms with Crippen molar-refractivity contribution in [3.63, 3.8) is 0 Å². The fraction of sp³-hybridized carbons (Fsp3) is 1.00. The van der Waals surface area contributed by atoms with E-state index in [2.05, 4.69) is 0 Å². The van der Waals surface area contributed by atoms with Gasteiger partial charge in [-0.1, -0.05) is 0 Å². The Morgan fingerprint density at radius 1 is 1.36 bits per heavy atom. The lowest BCUT2D eigenvalue weighted by atomic mass is 9.74. The average Bonchev–Trinajstić information content (AvgIpc) is 2.02. The van der Waals surface area contributed by atoms with Crippen molar-refractivity contribution in [1.29, 1.82) is 0 Å². The first-order chi connectivity index (χ1) is 5.35. The Morgan fingerprint density at radius 3 is 2.55 bits per heavy atom. The maximum absolute atomic E-state index is 8.87. The smallest absolute Gasteiger partial charge is 0.0682 e. The summed E-state index contributed by atoms with van der Waals surface area (Å²) < 4.78 is 5.74. The second-order valence-electron chi connectivity index (χ2n) is 3.93. The third-order valence-electron chi connectivity index (χ3n) is 3.16. The van der Waals surface area contributed by atoms with Crippen LogP contribution in [0.15, 0.2) is 0 Å². The molecular weight excluding hydrogens is 140 g/mol. The summed E-state index contributed by atoms with van der Waals surface area (Å²) in [6.45, 7) is 1.09. The third-order valence-corrected chi connectivity index (χ3v) is 3.16. The summed E-state index contributed by atoms with van der Waals surface area (Å²) in [4.78, 5) is 0. The van der Waals surface area contributed by atoms with E-state index in [1.807, 2.05) is 0 Å². The lowest BCUT2D eigenvalue weighted by Gasteiger charge is -2.46. The van der Waals surface area contributed by atoms with E-state index in [-0.39, 0.29) is 5.60 Å². The zero-order chi connectivity index (χ0) is 7.73. The molecule has 0 aromatic carbocycles. The van der Waals surface area contributed by atoms with Crippen molar-refractivity contribution in [3.05, 3.63) is 0 Å². The number of hydrogen-bond donors (Lipinski definition) is 1. The van der Waals surface area contributed by atoms with Gasteiger partial charge in [0, 0.05) is 12.5 Å². The van der Waals surface area contributed by atoms with Gasteiger partial charge < -0.3 is 9.84 Å². The van der Waals surface area contributed by atoms with Gasteiger partial charge in [-0.2, -0.15) is 0 Å². The van der Waals surface area contributed by atoms with E-state index >= 15 is 0 Å². The highest BCUT2D eigenvalue weighted by atomic mass is 16.5. The van der Waals surface area contributed by atoms with Gasteiger partial charge in [0.2, 0.25) is 0 Å². The van der Waals surface area contributed by atoms with Crippen LogP contribution in [0.1, 0.15) is 32.1 Å². The fourth-order valence-corrected chi connectivity index (χ4v) is 2.03. The molecule has 1 saturated heterocycles. The minimum Gasteiger partial charge on any atom is -0.396 e. The van der Waals surface area contributed by atoms with E-state index in [9.17, 15) is 0 Å². The number of hydrogen-bond acceptors (Lipinski definition) is 2. The summed E-state index contributed by atoms with van der Waals surface area (Å²) in [5.41, 5.74) is 0.270. The van der Waals surface area contributed by atoms with Crippen molar-refractivity contribution < 1.29 is 9.84 Å². The van der Waals surface area contributed by atoms with E-state index < -0.39 is 0 Å². The van der Waals surface area contributed by atoms with Crippen LogP contribution in [0.25, 0.3) is 0 Å². The van der Waals surface area contributed by atoms with Gasteiger partial charge in [0.15, 0.2) is 0 Å². The van der Waals surface area contributed by atoms with E-state index in [1.54, 1.807) is 0 Å². The molecule has 0 bridgehead atoms. The number of aliphatic hydroxyl groups is 1. The Kier molecular flexibility index (Phi) is 1.90. The largest absolute Gasteiger partial charge is 0.396 e. The van der Waals surface area contributed by atoms with Gasteiger partial charge in [-0.25, -0.2) is 0 Å². The molecule has 2 heteroatoms. The van der Waals surface area contributed by atoms with E-state index in [0.29, 0.717) is 12.5 Å². The maximum Gasteiger partial charge on any atom is 0.0682 e. The quantitative estimate of drug-likeness (QED) is 0.620. The molecule has 1 spiro atoms. The van der Waals surface area contributed by atoms with Crippen LogP contribution in [0.5, 0.6) is 0 Å². The van der Waals surface area contributed by atoms with E-state index in [1.165, 1.54) is 25.7 Å². The van der Waals surface area contributed by atoms with Crippen LogP contribution in [-0.4, -0.2) is 23.9 Å². The summed E-state index contributed by atoms with van der Waals surface area (Å²) in [5.74, 6) is 0.418. The molecule has 0 radical (unpaired) electrons. The molecule has 1 saturated carbocycles. The topological polar surface area (TPSA) is 29.5 Å². The minimum absolute atomic E-state index is 0.270. The molecule has 1 aliphatic heterocycles. The monoisotopic (exact) mass is 156 g/mol. The molecule has 64 valence electrons. The Morgan fingerprint density at radius 2 is 2.18 bits per heavy atom. The van der Waals surface area contributed by atoms with Crippen LogP contribution in [0.4, 0.5) is 0 Å². The predicted molar refractivity (Wildman–Crippen MR) is 42.3 cm³/mol. The molecule has 2 rings (SSSR count). The normalized spacial score (nSPS) is 35.2. The highest BCUT2D eigenvalue weighted by molar-refractivity contribution is 4.92. The van der Waals surface area contributed by atoms with Crippen LogP contribution in [0, 0.1) is 5.92 Å². The maximum atomic E-state index is 8.87. The molecule has 2 aliphatic rings. The summed E-state index contributed by atoms with van der Waals surface area (Å²) in [7, 11) is 0. The van der Waals surface area contributed by atoms with Gasteiger partial charge in [-0.05, 0) is 32.1 Å². The van der Waals surface area contributed by atoms with Crippen molar-refractivity contribution in [3.8, 4) is 0 Å². The molecule has 0 amide bonds. The van der Waals surface area contributed by atoms with Gasteiger partial charge >= 0.3 is 0 Å². The summed E-state index contributed by atoms with van der Waals surface area (Å²) in [6.07, 6.45) is 6.19. The Hall–Kier alpha value is -0.0800. The van der Waals surface area contributed by atoms with Crippen molar-refractivity contribution in [1.82, 2.24) is 0 Å². The zero-order valence-electron chi connectivity index (χ0n) is 6.88. The van der Waals surface area contributed by atoms with Crippen molar-refractivity contribution in [2.24, 2.45) is 5.92 Å². The minimum atomic E-state index is 0.270. The molecule has 1 heterocycles. The first kappa shape index (κ1) is 7.56. The van der Waals surface area contributed by atoms with Crippen LogP contribution < -0.4 is 0 Å². The molecule has 1 N–H and O–H groups in total. The van der Waals surface area contributed by atoms with Gasteiger partial charge in [0.1, 0.15) is 0 Å². The first-order valence-electron chi connectivity index (χ1n) is 4.59. The van der Waals surface area contributed by atoms with Crippen LogP contribution in [-0.2, 0) is 4.74 Å². The van der Waals surface area contributed by atoms with E-state index in [4.69, 9.17) is 9.84 Å². The first-order valence-corrected chi connectivity index (χ1v) is 4.59. The van der Waals surface area contributed by atoms with Gasteiger partial charge in [0.05, 0.1) is 12.2 Å². The molecule has 0 aromatic heterocycles. The summed E-state index contributed by atoms with van der Waals surface area (Å²) >= 11 is 0. The number of rotatable bonds is 1. The lowest BCUT2D eigenvalue weighted by molar-refractivity contribution is -0.149. The molecule has 2 nitrogen and oxygen atoms in total. The highest BCUT2D eigenvalue weighted by Crippen LogP contribution is 2.43. The van der Waals surface area contributed by atoms with Gasteiger partial charge in [0.25, 0.3) is 0 Å². The predicted octanol–water partition coefficient (Wildman–Crippen LogP) is 1.33. The lowest BCUT2D eigenvalue weighted by Crippen LogP contribution is -2.45. The second kappa shape index (κ2) is 2.76. The molecule has 1 atom stereocenters. The standard InChI is InChI=1S/C9H16O2/c10-6-8-2-5-9(11-7-8)3-1-4-9/h8,10H,1-7H2. The molecule has 1 unspecified atom stereocenters. The van der Waals surface area contributed by atoms with Crippen LogP contribution >= 0.6 is 0 Å². The van der Waals surface area contributed by atoms with Gasteiger partial charge in [-0.3, -0.25) is 0 Å². The summed E-state index contributed by atoms with van der Waals surface area (Å²) in [6, 6.07) is 0. The van der Waals surface area contributed by atoms with Crippen LogP contribution in [0.2, 0.25) is 0 Å². The van der Waals surface area contributed by atoms with Gasteiger partial charge in [-0.15, -0.1) is 0 Å². The Bertz CT molecular complexity index is 130. The number of aliphatic hydroxyl groups excluding tert-OH is 1. The highest BCUT2D eigenvalue weighted by Gasteiger charge is 2.41. The second-order valence-corrected chi connectivity index (χ2v) is 3.93. The number of ether oxygens (including phenoxy) is 1. The zero-order valence-corrected chi connectivity index (χ0v) is 6.88. The average molecular weight is 156 g/mol. The molecular formula is C9H16O2. The van der Waals surface area contributed by atoms with Crippen molar-refractivity contribution in [2.75, 3.05) is 13.2 Å². The van der Waals surface area contributed by atoms with E-state index in [0.717, 1.165) is 13.0 Å². The molecule has 2 fully saturated rings. The molecule has 1 aliphatic carbocycles. The fourth-order valence-electron chi connectivity index (χ4n) is 2.03. The SMILES string of the molecule is OCC1CCC2(CCC2)OC1. The van der Waals surface area contributed by atoms with Crippen molar-refractivity contribution in [2.45, 2.75) is 37.7 Å².